The number of hydrogen-bond donors (Lipinski definition) is 0. The van der Waals surface area contributed by atoms with Crippen LogP contribution in [0.4, 0.5) is 0 Å². The highest BCUT2D eigenvalue weighted by Crippen LogP contribution is 2.18. The maximum Gasteiger partial charge on any atom is 0.0911 e. The van der Waals surface area contributed by atoms with Gasteiger partial charge in [-0.15, -0.1) is 0 Å². The number of hydrogen-bond acceptors (Lipinski definition) is 1. The van der Waals surface area contributed by atoms with Gasteiger partial charge in [0.2, 0.25) is 0 Å². The van der Waals surface area contributed by atoms with Crippen LogP contribution in [0, 0.1) is 11.3 Å². The van der Waals surface area contributed by atoms with E-state index in [1.165, 1.54) is 82.6 Å². The molecule has 0 aromatic heterocycles. The average Bonchev–Trinajstić information content (AvgIpc) is 2.46. The van der Waals surface area contributed by atoms with Crippen LogP contribution in [0.2, 0.25) is 0 Å². The highest BCUT2D eigenvalue weighted by atomic mass is 14.2. The van der Waals surface area contributed by atoms with Crippen LogP contribution >= 0.6 is 0 Å². The van der Waals surface area contributed by atoms with Gasteiger partial charge in [0.1, 0.15) is 0 Å². The largest absolute Gasteiger partial charge is 0.193 e. The fourth-order valence-corrected chi connectivity index (χ4v) is 2.63. The van der Waals surface area contributed by atoms with E-state index in [0.717, 1.165) is 12.8 Å². The van der Waals surface area contributed by atoms with Gasteiger partial charge in [-0.3, -0.25) is 0 Å². The molecule has 0 aromatic carbocycles. The SMILES string of the molecule is CCCCCCCCCC/C(=C/C#N)CCCCCC. The van der Waals surface area contributed by atoms with Gasteiger partial charge < -0.3 is 0 Å². The summed E-state index contributed by atoms with van der Waals surface area (Å²) >= 11 is 0. The van der Waals surface area contributed by atoms with Crippen molar-refractivity contribution in [2.24, 2.45) is 0 Å². The van der Waals surface area contributed by atoms with Crippen LogP contribution in [-0.2, 0) is 0 Å². The van der Waals surface area contributed by atoms with Crippen molar-refractivity contribution in [2.45, 2.75) is 104 Å². The number of nitrogens with zero attached hydrogens (tertiary/aromatic N) is 1. The van der Waals surface area contributed by atoms with E-state index < -0.39 is 0 Å². The molecule has 116 valence electrons. The Kier molecular flexibility index (Phi) is 15.7. The van der Waals surface area contributed by atoms with Gasteiger partial charge in [-0.2, -0.15) is 5.26 Å². The summed E-state index contributed by atoms with van der Waals surface area (Å²) in [7, 11) is 0. The quantitative estimate of drug-likeness (QED) is 0.249. The lowest BCUT2D eigenvalue weighted by Crippen LogP contribution is -1.87. The standard InChI is InChI=1S/C19H35N/c1-3-5-7-9-10-11-12-14-16-19(17-18-20)15-13-8-6-4-2/h17H,3-16H2,1-2H3/b19-17+. The van der Waals surface area contributed by atoms with Gasteiger partial charge in [0, 0.05) is 6.08 Å². The van der Waals surface area contributed by atoms with Crippen LogP contribution in [0.25, 0.3) is 0 Å². The summed E-state index contributed by atoms with van der Waals surface area (Å²) in [5, 5.41) is 8.84. The molecule has 0 heterocycles. The summed E-state index contributed by atoms with van der Waals surface area (Å²) < 4.78 is 0. The van der Waals surface area contributed by atoms with Crippen molar-refractivity contribution in [3.63, 3.8) is 0 Å². The third kappa shape index (κ3) is 13.7. The van der Waals surface area contributed by atoms with E-state index in [4.69, 9.17) is 5.26 Å². The zero-order valence-corrected chi connectivity index (χ0v) is 13.9. The summed E-state index contributed by atoms with van der Waals surface area (Å²) in [5.74, 6) is 0. The molecule has 0 spiro atoms. The zero-order chi connectivity index (χ0) is 14.9. The molecule has 0 rings (SSSR count). The second-order valence-electron chi connectivity index (χ2n) is 5.97. The molecule has 0 fully saturated rings. The van der Waals surface area contributed by atoms with E-state index in [-0.39, 0.29) is 0 Å². The first-order valence-electron chi connectivity index (χ1n) is 8.92. The fraction of sp³-hybridized carbons (Fsp3) is 0.842. The minimum absolute atomic E-state index is 1.14. The normalized spacial score (nSPS) is 11.6. The van der Waals surface area contributed by atoms with E-state index in [0.29, 0.717) is 0 Å². The molecule has 1 heteroatoms. The molecule has 0 saturated carbocycles. The van der Waals surface area contributed by atoms with E-state index in [2.05, 4.69) is 19.9 Å². The molecule has 0 amide bonds. The minimum atomic E-state index is 1.14. The molecule has 1 nitrogen and oxygen atoms in total. The smallest absolute Gasteiger partial charge is 0.0911 e. The van der Waals surface area contributed by atoms with E-state index in [1.54, 1.807) is 6.08 Å². The first-order chi connectivity index (χ1) is 9.85. The summed E-state index contributed by atoms with van der Waals surface area (Å²) in [6.45, 7) is 4.51. The van der Waals surface area contributed by atoms with Crippen LogP contribution < -0.4 is 0 Å². The van der Waals surface area contributed by atoms with Gasteiger partial charge in [0.25, 0.3) is 0 Å². The van der Waals surface area contributed by atoms with Crippen LogP contribution in [-0.4, -0.2) is 0 Å². The Morgan fingerprint density at radius 3 is 1.55 bits per heavy atom. The van der Waals surface area contributed by atoms with Crippen molar-refractivity contribution in [3.05, 3.63) is 11.6 Å². The highest BCUT2D eigenvalue weighted by molar-refractivity contribution is 5.13. The minimum Gasteiger partial charge on any atom is -0.193 e. The lowest BCUT2D eigenvalue weighted by Gasteiger charge is -2.06. The van der Waals surface area contributed by atoms with Crippen molar-refractivity contribution in [3.8, 4) is 6.07 Å². The Balaban J connectivity index is 3.52. The fourth-order valence-electron chi connectivity index (χ4n) is 2.63. The molecule has 0 saturated heterocycles. The van der Waals surface area contributed by atoms with E-state index >= 15 is 0 Å². The van der Waals surface area contributed by atoms with Crippen LogP contribution in [0.3, 0.4) is 0 Å². The van der Waals surface area contributed by atoms with Crippen molar-refractivity contribution in [1.29, 1.82) is 5.26 Å². The lowest BCUT2D eigenvalue weighted by molar-refractivity contribution is 0.569. The topological polar surface area (TPSA) is 23.8 Å². The van der Waals surface area contributed by atoms with Crippen molar-refractivity contribution in [2.75, 3.05) is 0 Å². The predicted octanol–water partition coefficient (Wildman–Crippen LogP) is 6.94. The summed E-state index contributed by atoms with van der Waals surface area (Å²) in [6.07, 6.45) is 20.2. The lowest BCUT2D eigenvalue weighted by atomic mass is 9.99. The van der Waals surface area contributed by atoms with Crippen molar-refractivity contribution in [1.82, 2.24) is 0 Å². The van der Waals surface area contributed by atoms with Gasteiger partial charge in [0.05, 0.1) is 6.07 Å². The monoisotopic (exact) mass is 277 g/mol. The molecule has 0 N–H and O–H groups in total. The molecule has 0 unspecified atom stereocenters. The van der Waals surface area contributed by atoms with Gasteiger partial charge in [-0.25, -0.2) is 0 Å². The Bertz CT molecular complexity index is 259. The first kappa shape index (κ1) is 19.2. The highest BCUT2D eigenvalue weighted by Gasteiger charge is 1.99. The molecule has 0 aromatic rings. The van der Waals surface area contributed by atoms with E-state index in [1.807, 2.05) is 0 Å². The van der Waals surface area contributed by atoms with Crippen LogP contribution in [0.1, 0.15) is 104 Å². The Morgan fingerprint density at radius 2 is 1.10 bits per heavy atom. The third-order valence-electron chi connectivity index (χ3n) is 3.97. The molecule has 0 bridgehead atoms. The second kappa shape index (κ2) is 16.3. The van der Waals surface area contributed by atoms with Crippen molar-refractivity contribution < 1.29 is 0 Å². The number of allylic oxidation sites excluding steroid dienone is 2. The summed E-state index contributed by atoms with van der Waals surface area (Å²) in [6, 6.07) is 2.22. The molecular formula is C19H35N. The molecule has 0 aliphatic heterocycles. The van der Waals surface area contributed by atoms with Crippen LogP contribution in [0.5, 0.6) is 0 Å². The van der Waals surface area contributed by atoms with Crippen LogP contribution in [0.15, 0.2) is 11.6 Å². The van der Waals surface area contributed by atoms with Gasteiger partial charge in [-0.05, 0) is 25.7 Å². The maximum atomic E-state index is 8.84. The van der Waals surface area contributed by atoms with Crippen molar-refractivity contribution >= 4 is 0 Å². The molecular weight excluding hydrogens is 242 g/mol. The Morgan fingerprint density at radius 1 is 0.700 bits per heavy atom. The maximum absolute atomic E-state index is 8.84. The summed E-state index contributed by atoms with van der Waals surface area (Å²) in [4.78, 5) is 0. The van der Waals surface area contributed by atoms with E-state index in [9.17, 15) is 0 Å². The third-order valence-corrected chi connectivity index (χ3v) is 3.97. The second-order valence-corrected chi connectivity index (χ2v) is 5.97. The van der Waals surface area contributed by atoms with Gasteiger partial charge in [-0.1, -0.05) is 83.6 Å². The Hall–Kier alpha value is -0.770. The molecule has 0 aliphatic rings. The summed E-state index contributed by atoms with van der Waals surface area (Å²) in [5.41, 5.74) is 1.38. The number of rotatable bonds is 14. The zero-order valence-electron chi connectivity index (χ0n) is 13.9. The number of unbranched alkanes of at least 4 members (excludes halogenated alkanes) is 10. The molecule has 0 radical (unpaired) electrons. The molecule has 0 aliphatic carbocycles. The predicted molar refractivity (Wildman–Crippen MR) is 89.7 cm³/mol. The Labute approximate surface area is 127 Å². The molecule has 20 heavy (non-hydrogen) atoms. The molecule has 0 atom stereocenters. The first-order valence-corrected chi connectivity index (χ1v) is 8.92. The number of nitriles is 1. The average molecular weight is 277 g/mol. The van der Waals surface area contributed by atoms with Gasteiger partial charge >= 0.3 is 0 Å². The van der Waals surface area contributed by atoms with Gasteiger partial charge in [0.15, 0.2) is 0 Å².